The quantitative estimate of drug-likeness (QED) is 0.240. The number of carbonyl (C=O) groups excluding carboxylic acids is 1. The zero-order valence-electron chi connectivity index (χ0n) is 16.0. The Kier molecular flexibility index (Phi) is 6.47. The molecule has 0 aliphatic rings. The lowest BCUT2D eigenvalue weighted by molar-refractivity contribution is -0.385. The molecule has 3 aromatic rings. The van der Waals surface area contributed by atoms with Crippen LogP contribution in [0.5, 0.6) is 11.5 Å². The van der Waals surface area contributed by atoms with Gasteiger partial charge in [-0.15, -0.1) is 0 Å². The van der Waals surface area contributed by atoms with Crippen LogP contribution < -0.4 is 10.2 Å². The highest BCUT2D eigenvalue weighted by molar-refractivity contribution is 5.95. The summed E-state index contributed by atoms with van der Waals surface area (Å²) in [4.78, 5) is 22.3. The summed E-state index contributed by atoms with van der Waals surface area (Å²) in [5.74, 6) is -1.65. The third-order valence-electron chi connectivity index (χ3n) is 4.08. The first-order chi connectivity index (χ1) is 15.1. The van der Waals surface area contributed by atoms with E-state index in [2.05, 4.69) is 10.5 Å². The van der Waals surface area contributed by atoms with Crippen LogP contribution in [0, 0.1) is 15.9 Å². The third-order valence-corrected chi connectivity index (χ3v) is 4.08. The molecule has 0 unspecified atom stereocenters. The molecule has 0 aliphatic carbocycles. The van der Waals surface area contributed by atoms with Crippen molar-refractivity contribution in [1.29, 1.82) is 0 Å². The number of amides is 1. The number of hydrogen-bond donors (Lipinski definition) is 1. The lowest BCUT2D eigenvalue weighted by atomic mass is 10.1. The van der Waals surface area contributed by atoms with E-state index in [4.69, 9.17) is 4.74 Å². The van der Waals surface area contributed by atoms with E-state index in [0.29, 0.717) is 12.1 Å². The van der Waals surface area contributed by atoms with Crippen LogP contribution in [0.1, 0.15) is 21.5 Å². The number of benzene rings is 3. The molecule has 0 aliphatic heterocycles. The van der Waals surface area contributed by atoms with E-state index in [9.17, 15) is 32.5 Å². The van der Waals surface area contributed by atoms with Crippen LogP contribution in [0.3, 0.4) is 0 Å². The first kappa shape index (κ1) is 22.4. The molecule has 11 heteroatoms. The molecule has 3 rings (SSSR count). The Balaban J connectivity index is 1.82. The van der Waals surface area contributed by atoms with Gasteiger partial charge in [-0.25, -0.2) is 9.82 Å². The van der Waals surface area contributed by atoms with E-state index in [0.717, 1.165) is 12.1 Å². The number of nitrogens with one attached hydrogen (secondary N) is 1. The summed E-state index contributed by atoms with van der Waals surface area (Å²) < 4.78 is 57.3. The highest BCUT2D eigenvalue weighted by Crippen LogP contribution is 2.38. The van der Waals surface area contributed by atoms with Gasteiger partial charge >= 0.3 is 11.9 Å². The first-order valence-electron chi connectivity index (χ1n) is 8.86. The summed E-state index contributed by atoms with van der Waals surface area (Å²) in [5, 5.41) is 15.0. The molecular formula is C21H13F4N3O4. The standard InChI is InChI=1S/C21H13F4N3O4/c22-16-6-3-5-13(10-16)20(29)27-26-12-14-4-1-2-7-18(14)32-19-9-8-15(21(23,24)25)11-17(19)28(30)31/h1-12H,(H,27,29)/b26-12+. The Morgan fingerprint density at radius 3 is 2.47 bits per heavy atom. The maximum Gasteiger partial charge on any atom is 0.416 e. The van der Waals surface area contributed by atoms with E-state index in [1.54, 1.807) is 6.07 Å². The molecule has 0 saturated carbocycles. The van der Waals surface area contributed by atoms with Crippen molar-refractivity contribution in [3.05, 3.63) is 99.4 Å². The topological polar surface area (TPSA) is 93.8 Å². The lowest BCUT2D eigenvalue weighted by Crippen LogP contribution is -2.17. The average Bonchev–Trinajstić information content (AvgIpc) is 2.74. The van der Waals surface area contributed by atoms with Crippen LogP contribution in [0.25, 0.3) is 0 Å². The number of halogens is 4. The first-order valence-corrected chi connectivity index (χ1v) is 8.86. The molecule has 1 amide bonds. The second-order valence-corrected chi connectivity index (χ2v) is 6.29. The lowest BCUT2D eigenvalue weighted by Gasteiger charge is -2.11. The minimum Gasteiger partial charge on any atom is -0.449 e. The van der Waals surface area contributed by atoms with E-state index < -0.39 is 39.8 Å². The zero-order valence-corrected chi connectivity index (χ0v) is 16.0. The van der Waals surface area contributed by atoms with Crippen LogP contribution in [-0.4, -0.2) is 17.0 Å². The van der Waals surface area contributed by atoms with Crippen molar-refractivity contribution in [3.8, 4) is 11.5 Å². The van der Waals surface area contributed by atoms with E-state index in [-0.39, 0.29) is 16.9 Å². The Morgan fingerprint density at radius 2 is 1.78 bits per heavy atom. The average molecular weight is 447 g/mol. The van der Waals surface area contributed by atoms with Crippen molar-refractivity contribution in [2.75, 3.05) is 0 Å². The molecule has 0 radical (unpaired) electrons. The molecule has 0 atom stereocenters. The monoisotopic (exact) mass is 447 g/mol. The molecule has 0 fully saturated rings. The fourth-order valence-electron chi connectivity index (χ4n) is 2.58. The molecule has 0 bridgehead atoms. The molecule has 3 aromatic carbocycles. The van der Waals surface area contributed by atoms with Crippen LogP contribution in [0.15, 0.2) is 71.8 Å². The Labute approximate surface area is 178 Å². The van der Waals surface area contributed by atoms with Gasteiger partial charge < -0.3 is 4.74 Å². The van der Waals surface area contributed by atoms with Crippen molar-refractivity contribution < 1.29 is 32.0 Å². The molecular weight excluding hydrogens is 434 g/mol. The highest BCUT2D eigenvalue weighted by atomic mass is 19.4. The molecule has 32 heavy (non-hydrogen) atoms. The molecule has 0 aromatic heterocycles. The van der Waals surface area contributed by atoms with Gasteiger partial charge in [0.15, 0.2) is 0 Å². The number of rotatable bonds is 6. The van der Waals surface area contributed by atoms with Gasteiger partial charge in [-0.1, -0.05) is 18.2 Å². The molecule has 0 heterocycles. The summed E-state index contributed by atoms with van der Waals surface area (Å²) >= 11 is 0. The molecule has 0 spiro atoms. The summed E-state index contributed by atoms with van der Waals surface area (Å²) in [6.07, 6.45) is -3.59. The van der Waals surface area contributed by atoms with Crippen LogP contribution in [0.4, 0.5) is 23.2 Å². The predicted molar refractivity (Wildman–Crippen MR) is 106 cm³/mol. The third kappa shape index (κ3) is 5.45. The van der Waals surface area contributed by atoms with Gasteiger partial charge in [-0.2, -0.15) is 18.3 Å². The normalized spacial score (nSPS) is 11.4. The SMILES string of the molecule is O=C(N/N=C/c1ccccc1Oc1ccc(C(F)(F)F)cc1[N+](=O)[O-])c1cccc(F)c1. The largest absolute Gasteiger partial charge is 0.449 e. The second kappa shape index (κ2) is 9.25. The van der Waals surface area contributed by atoms with Gasteiger partial charge in [-0.3, -0.25) is 14.9 Å². The minimum absolute atomic E-state index is 0.0343. The molecule has 0 saturated heterocycles. The van der Waals surface area contributed by atoms with Gasteiger partial charge in [0, 0.05) is 17.2 Å². The zero-order chi connectivity index (χ0) is 23.3. The fraction of sp³-hybridized carbons (Fsp3) is 0.0476. The Bertz CT molecular complexity index is 1200. The number of nitro benzene ring substituents is 1. The summed E-state index contributed by atoms with van der Waals surface area (Å²) in [7, 11) is 0. The fourth-order valence-corrected chi connectivity index (χ4v) is 2.58. The number of nitrogens with zero attached hydrogens (tertiary/aromatic N) is 2. The number of para-hydroxylation sites is 1. The van der Waals surface area contributed by atoms with Crippen molar-refractivity contribution in [3.63, 3.8) is 0 Å². The molecule has 1 N–H and O–H groups in total. The number of nitro groups is 1. The Hall–Kier alpha value is -4.28. The van der Waals surface area contributed by atoms with Gasteiger partial charge in [-0.05, 0) is 42.5 Å². The van der Waals surface area contributed by atoms with E-state index in [1.165, 1.54) is 42.6 Å². The number of ether oxygens (including phenoxy) is 1. The predicted octanol–water partition coefficient (Wildman–Crippen LogP) is 5.31. The van der Waals surface area contributed by atoms with Crippen molar-refractivity contribution in [1.82, 2.24) is 5.43 Å². The molecule has 164 valence electrons. The van der Waals surface area contributed by atoms with Crippen LogP contribution >= 0.6 is 0 Å². The van der Waals surface area contributed by atoms with Crippen LogP contribution in [0.2, 0.25) is 0 Å². The van der Waals surface area contributed by atoms with Crippen molar-refractivity contribution in [2.24, 2.45) is 5.10 Å². The maximum absolute atomic E-state index is 13.2. The van der Waals surface area contributed by atoms with Gasteiger partial charge in [0.05, 0.1) is 16.7 Å². The van der Waals surface area contributed by atoms with Crippen LogP contribution in [-0.2, 0) is 6.18 Å². The number of carbonyl (C=O) groups is 1. The van der Waals surface area contributed by atoms with E-state index >= 15 is 0 Å². The van der Waals surface area contributed by atoms with Gasteiger partial charge in [0.2, 0.25) is 5.75 Å². The second-order valence-electron chi connectivity index (χ2n) is 6.29. The van der Waals surface area contributed by atoms with Gasteiger partial charge in [0.1, 0.15) is 11.6 Å². The Morgan fingerprint density at radius 1 is 1.03 bits per heavy atom. The summed E-state index contributed by atoms with van der Waals surface area (Å²) in [5.41, 5.74) is 0.436. The minimum atomic E-state index is -4.76. The summed E-state index contributed by atoms with van der Waals surface area (Å²) in [6, 6.07) is 12.9. The number of hydrogen-bond acceptors (Lipinski definition) is 5. The van der Waals surface area contributed by atoms with Crippen molar-refractivity contribution >= 4 is 17.8 Å². The number of hydrazone groups is 1. The van der Waals surface area contributed by atoms with Gasteiger partial charge in [0.25, 0.3) is 5.91 Å². The molecule has 7 nitrogen and oxygen atoms in total. The number of alkyl halides is 3. The highest BCUT2D eigenvalue weighted by Gasteiger charge is 2.33. The van der Waals surface area contributed by atoms with Crippen molar-refractivity contribution in [2.45, 2.75) is 6.18 Å². The van der Waals surface area contributed by atoms with E-state index in [1.807, 2.05) is 0 Å². The summed E-state index contributed by atoms with van der Waals surface area (Å²) in [6.45, 7) is 0. The smallest absolute Gasteiger partial charge is 0.416 e. The maximum atomic E-state index is 13.2.